The molecule has 102 valence electrons. The van der Waals surface area contributed by atoms with Gasteiger partial charge in [-0.05, 0) is 32.1 Å². The van der Waals surface area contributed by atoms with Crippen molar-refractivity contribution in [2.45, 2.75) is 51.6 Å². The van der Waals surface area contributed by atoms with Gasteiger partial charge in [-0.15, -0.1) is 0 Å². The van der Waals surface area contributed by atoms with E-state index in [1.807, 2.05) is 18.2 Å². The molecular weight excluding hydrogens is 228 g/mol. The van der Waals surface area contributed by atoms with Crippen LogP contribution in [0.2, 0.25) is 0 Å². The van der Waals surface area contributed by atoms with Crippen LogP contribution in [0.4, 0.5) is 0 Å². The summed E-state index contributed by atoms with van der Waals surface area (Å²) < 4.78 is 0. The highest BCUT2D eigenvalue weighted by Crippen LogP contribution is 2.04. The predicted molar refractivity (Wildman–Crippen MR) is 74.4 cm³/mol. The number of aliphatic hydroxyl groups is 1. The third-order valence-corrected chi connectivity index (χ3v) is 2.40. The topological polar surface area (TPSA) is 57.5 Å². The number of hydrogen-bond donors (Lipinski definition) is 2. The molecule has 0 saturated heterocycles. The Morgan fingerprint density at radius 1 is 1.17 bits per heavy atom. The largest absolute Gasteiger partial charge is 0.481 e. The number of unbranched alkanes of at least 4 members (excludes halogenated alkanes) is 1. The van der Waals surface area contributed by atoms with E-state index in [0.717, 1.165) is 19.3 Å². The van der Waals surface area contributed by atoms with Crippen LogP contribution in [0, 0.1) is 0 Å². The van der Waals surface area contributed by atoms with Gasteiger partial charge in [-0.3, -0.25) is 4.79 Å². The van der Waals surface area contributed by atoms with Crippen molar-refractivity contribution < 1.29 is 15.0 Å². The average molecular weight is 252 g/mol. The van der Waals surface area contributed by atoms with Crippen LogP contribution in [-0.2, 0) is 4.79 Å². The molecular formula is C15H24O3. The highest BCUT2D eigenvalue weighted by molar-refractivity contribution is 5.66. The predicted octanol–water partition coefficient (Wildman–Crippen LogP) is 3.46. The molecule has 0 aliphatic carbocycles. The van der Waals surface area contributed by atoms with E-state index in [-0.39, 0.29) is 6.42 Å². The number of carboxylic acid groups (broad SMARTS) is 1. The quantitative estimate of drug-likeness (QED) is 0.355. The van der Waals surface area contributed by atoms with Crippen LogP contribution in [0.5, 0.6) is 0 Å². The smallest absolute Gasteiger partial charge is 0.303 e. The summed E-state index contributed by atoms with van der Waals surface area (Å²) in [6.45, 7) is 2.10. The summed E-state index contributed by atoms with van der Waals surface area (Å²) >= 11 is 0. The fourth-order valence-electron chi connectivity index (χ4n) is 1.42. The summed E-state index contributed by atoms with van der Waals surface area (Å²) in [5.41, 5.74) is 0. The fourth-order valence-corrected chi connectivity index (χ4v) is 1.42. The Hall–Kier alpha value is -1.35. The molecule has 18 heavy (non-hydrogen) atoms. The van der Waals surface area contributed by atoms with Crippen molar-refractivity contribution in [2.75, 3.05) is 0 Å². The van der Waals surface area contributed by atoms with E-state index >= 15 is 0 Å². The van der Waals surface area contributed by atoms with Gasteiger partial charge in [-0.2, -0.15) is 0 Å². The minimum absolute atomic E-state index is 0.181. The molecule has 0 heterocycles. The molecule has 0 fully saturated rings. The van der Waals surface area contributed by atoms with Crippen LogP contribution in [0.3, 0.4) is 0 Å². The van der Waals surface area contributed by atoms with Gasteiger partial charge in [0.05, 0.1) is 6.10 Å². The van der Waals surface area contributed by atoms with Crippen molar-refractivity contribution in [3.8, 4) is 0 Å². The van der Waals surface area contributed by atoms with Crippen molar-refractivity contribution in [1.82, 2.24) is 0 Å². The maximum absolute atomic E-state index is 10.3. The maximum atomic E-state index is 10.3. The number of carboxylic acids is 1. The number of rotatable bonds is 10. The molecule has 0 bridgehead atoms. The lowest BCUT2D eigenvalue weighted by Crippen LogP contribution is -2.02. The van der Waals surface area contributed by atoms with Crippen molar-refractivity contribution in [3.63, 3.8) is 0 Å². The van der Waals surface area contributed by atoms with E-state index in [4.69, 9.17) is 5.11 Å². The molecule has 0 aliphatic rings. The molecule has 0 aromatic carbocycles. The van der Waals surface area contributed by atoms with Gasteiger partial charge >= 0.3 is 5.97 Å². The van der Waals surface area contributed by atoms with E-state index in [9.17, 15) is 9.90 Å². The lowest BCUT2D eigenvalue weighted by Gasteiger charge is -2.03. The molecule has 2 N–H and O–H groups in total. The van der Waals surface area contributed by atoms with Gasteiger partial charge in [0.25, 0.3) is 0 Å². The lowest BCUT2D eigenvalue weighted by molar-refractivity contribution is -0.137. The van der Waals surface area contributed by atoms with Gasteiger partial charge in [-0.25, -0.2) is 0 Å². The third kappa shape index (κ3) is 12.7. The molecule has 0 aromatic heterocycles. The van der Waals surface area contributed by atoms with E-state index in [2.05, 4.69) is 19.1 Å². The number of aliphatic hydroxyl groups excluding tert-OH is 1. The number of carbonyl (C=O) groups is 1. The van der Waals surface area contributed by atoms with Crippen molar-refractivity contribution in [1.29, 1.82) is 0 Å². The van der Waals surface area contributed by atoms with Crippen LogP contribution in [0.25, 0.3) is 0 Å². The monoisotopic (exact) mass is 252 g/mol. The molecule has 0 aromatic rings. The van der Waals surface area contributed by atoms with Crippen LogP contribution in [0.1, 0.15) is 45.4 Å². The SMILES string of the molecule is CCC=CCC=CC=CC(O)CCCCC(=O)O. The van der Waals surface area contributed by atoms with Crippen molar-refractivity contribution >= 4 is 5.97 Å². The molecule has 3 nitrogen and oxygen atoms in total. The molecule has 0 aliphatic heterocycles. The first-order valence-corrected chi connectivity index (χ1v) is 6.55. The normalized spacial score (nSPS) is 13.9. The van der Waals surface area contributed by atoms with Crippen LogP contribution >= 0.6 is 0 Å². The zero-order valence-electron chi connectivity index (χ0n) is 11.1. The zero-order valence-corrected chi connectivity index (χ0v) is 11.1. The second-order valence-corrected chi connectivity index (χ2v) is 4.14. The molecule has 0 rings (SSSR count). The first kappa shape index (κ1) is 16.6. The minimum Gasteiger partial charge on any atom is -0.481 e. The zero-order chi connectivity index (χ0) is 13.6. The van der Waals surface area contributed by atoms with Crippen LogP contribution in [0.15, 0.2) is 36.5 Å². The van der Waals surface area contributed by atoms with Crippen molar-refractivity contribution in [2.24, 2.45) is 0 Å². The Kier molecular flexibility index (Phi) is 11.2. The van der Waals surface area contributed by atoms with E-state index < -0.39 is 12.1 Å². The molecule has 0 spiro atoms. The number of hydrogen-bond acceptors (Lipinski definition) is 2. The summed E-state index contributed by atoms with van der Waals surface area (Å²) in [7, 11) is 0. The van der Waals surface area contributed by atoms with E-state index in [1.165, 1.54) is 0 Å². The Labute approximate surface area is 110 Å². The third-order valence-electron chi connectivity index (χ3n) is 2.40. The molecule has 0 radical (unpaired) electrons. The summed E-state index contributed by atoms with van der Waals surface area (Å²) in [6, 6.07) is 0. The number of allylic oxidation sites excluding steroid dienone is 5. The summed E-state index contributed by atoms with van der Waals surface area (Å²) in [6.07, 6.45) is 15.4. The standard InChI is InChI=1S/C15H24O3/c1-2-3-4-5-6-7-8-11-14(16)12-9-10-13-15(17)18/h3-4,6-8,11,14,16H,2,5,9-10,12-13H2,1H3,(H,17,18). The van der Waals surface area contributed by atoms with Gasteiger partial charge < -0.3 is 10.2 Å². The van der Waals surface area contributed by atoms with Gasteiger partial charge in [0.2, 0.25) is 0 Å². The Morgan fingerprint density at radius 3 is 2.61 bits per heavy atom. The second kappa shape index (κ2) is 12.1. The van der Waals surface area contributed by atoms with Gasteiger partial charge in [0, 0.05) is 6.42 Å². The van der Waals surface area contributed by atoms with Gasteiger partial charge in [-0.1, -0.05) is 43.4 Å². The van der Waals surface area contributed by atoms with Crippen molar-refractivity contribution in [3.05, 3.63) is 36.5 Å². The maximum Gasteiger partial charge on any atom is 0.303 e. The molecule has 3 heteroatoms. The fraction of sp³-hybridized carbons (Fsp3) is 0.533. The molecule has 0 saturated carbocycles. The summed E-state index contributed by atoms with van der Waals surface area (Å²) in [5, 5.41) is 18.0. The van der Waals surface area contributed by atoms with Gasteiger partial charge in [0.15, 0.2) is 0 Å². The minimum atomic E-state index is -0.775. The Bertz CT molecular complexity index is 290. The molecule has 0 amide bonds. The Morgan fingerprint density at radius 2 is 1.94 bits per heavy atom. The average Bonchev–Trinajstić information content (AvgIpc) is 2.33. The van der Waals surface area contributed by atoms with Crippen LogP contribution in [-0.4, -0.2) is 22.3 Å². The summed E-state index contributed by atoms with van der Waals surface area (Å²) in [4.78, 5) is 10.3. The van der Waals surface area contributed by atoms with Gasteiger partial charge in [0.1, 0.15) is 0 Å². The van der Waals surface area contributed by atoms with Crippen LogP contribution < -0.4 is 0 Å². The van der Waals surface area contributed by atoms with E-state index in [1.54, 1.807) is 6.08 Å². The first-order valence-electron chi connectivity index (χ1n) is 6.55. The Balaban J connectivity index is 3.57. The molecule has 1 unspecified atom stereocenters. The highest BCUT2D eigenvalue weighted by Gasteiger charge is 2.00. The summed E-state index contributed by atoms with van der Waals surface area (Å²) in [5.74, 6) is -0.775. The first-order chi connectivity index (χ1) is 8.66. The second-order valence-electron chi connectivity index (χ2n) is 4.14. The molecule has 1 atom stereocenters. The highest BCUT2D eigenvalue weighted by atomic mass is 16.4. The lowest BCUT2D eigenvalue weighted by atomic mass is 10.1. The number of aliphatic carboxylic acids is 1. The van der Waals surface area contributed by atoms with E-state index in [0.29, 0.717) is 12.8 Å².